The summed E-state index contributed by atoms with van der Waals surface area (Å²) in [6.07, 6.45) is 4.42. The lowest BCUT2D eigenvalue weighted by Crippen LogP contribution is -2.15. The van der Waals surface area contributed by atoms with Crippen LogP contribution < -0.4 is 5.69 Å². The number of benzene rings is 1. The second-order valence-electron chi connectivity index (χ2n) is 5.63. The van der Waals surface area contributed by atoms with Crippen LogP contribution >= 0.6 is 11.5 Å². The monoisotopic (exact) mass is 329 g/mol. The highest BCUT2D eigenvalue weighted by atomic mass is 32.1. The molecule has 3 aromatic rings. The van der Waals surface area contributed by atoms with Crippen molar-refractivity contribution in [1.29, 1.82) is 0 Å². The van der Waals surface area contributed by atoms with Crippen molar-refractivity contribution in [2.45, 2.75) is 25.3 Å². The Hall–Kier alpha value is -2.41. The Labute approximate surface area is 135 Å². The minimum atomic E-state index is -0.368. The van der Waals surface area contributed by atoms with Gasteiger partial charge in [0.05, 0.1) is 23.2 Å². The molecule has 0 saturated heterocycles. The number of aromatic amines is 1. The molecule has 7 heteroatoms. The molecule has 0 unspecified atom stereocenters. The van der Waals surface area contributed by atoms with E-state index in [9.17, 15) is 9.59 Å². The van der Waals surface area contributed by atoms with Crippen LogP contribution in [0.5, 0.6) is 0 Å². The van der Waals surface area contributed by atoms with Crippen molar-refractivity contribution < 1.29 is 9.53 Å². The molecule has 0 spiro atoms. The molecule has 1 aliphatic rings. The summed E-state index contributed by atoms with van der Waals surface area (Å²) in [4.78, 5) is 28.1. The van der Waals surface area contributed by atoms with E-state index in [1.807, 2.05) is 6.07 Å². The Kier molecular flexibility index (Phi) is 3.49. The maximum atomic E-state index is 12.2. The van der Waals surface area contributed by atoms with Gasteiger partial charge in [-0.1, -0.05) is 0 Å². The lowest BCUT2D eigenvalue weighted by Gasteiger charge is -2.05. The van der Waals surface area contributed by atoms with Crippen molar-refractivity contribution in [2.24, 2.45) is 0 Å². The number of carbonyl (C=O) groups is 1. The summed E-state index contributed by atoms with van der Waals surface area (Å²) in [5.41, 5.74) is 1.88. The number of esters is 1. The highest BCUT2D eigenvalue weighted by Crippen LogP contribution is 2.35. The average Bonchev–Trinajstić information content (AvgIpc) is 3.12. The Bertz CT molecular complexity index is 906. The largest absolute Gasteiger partial charge is 0.462 e. The number of carbonyl (C=O) groups excluding carboxylic acids is 1. The van der Waals surface area contributed by atoms with Gasteiger partial charge in [-0.3, -0.25) is 4.57 Å². The fourth-order valence-electron chi connectivity index (χ4n) is 2.64. The standard InChI is InChI=1S/C16H15N3O3S/c20-15(22-8-6-12-5-7-17-23-12)10-1-4-13-14(9-10)19(11-2-3-11)16(21)18-13/h1,4-5,7,9,11H,2-3,6,8H2,(H,18,21). The van der Waals surface area contributed by atoms with Crippen LogP contribution in [0.1, 0.15) is 34.1 Å². The number of ether oxygens (including phenoxy) is 1. The Morgan fingerprint density at radius 2 is 2.26 bits per heavy atom. The molecular formula is C16H15N3O3S. The third-order valence-corrected chi connectivity index (χ3v) is 4.74. The Balaban J connectivity index is 1.52. The maximum Gasteiger partial charge on any atom is 0.338 e. The van der Waals surface area contributed by atoms with Crippen LogP contribution in [0.15, 0.2) is 35.3 Å². The molecular weight excluding hydrogens is 314 g/mol. The van der Waals surface area contributed by atoms with E-state index < -0.39 is 0 Å². The zero-order valence-electron chi connectivity index (χ0n) is 12.3. The molecule has 0 aliphatic heterocycles. The van der Waals surface area contributed by atoms with Gasteiger partial charge in [0, 0.05) is 23.5 Å². The van der Waals surface area contributed by atoms with Gasteiger partial charge in [0.2, 0.25) is 0 Å². The summed E-state index contributed by atoms with van der Waals surface area (Å²) in [5, 5.41) is 0. The number of aromatic nitrogens is 3. The molecule has 1 aromatic carbocycles. The van der Waals surface area contributed by atoms with Crippen molar-refractivity contribution in [1.82, 2.24) is 13.9 Å². The molecule has 118 valence electrons. The van der Waals surface area contributed by atoms with Gasteiger partial charge >= 0.3 is 11.7 Å². The highest BCUT2D eigenvalue weighted by Gasteiger charge is 2.27. The van der Waals surface area contributed by atoms with E-state index in [1.54, 1.807) is 29.0 Å². The summed E-state index contributed by atoms with van der Waals surface area (Å²) in [6, 6.07) is 7.35. The highest BCUT2D eigenvalue weighted by molar-refractivity contribution is 7.05. The minimum Gasteiger partial charge on any atom is -0.462 e. The molecule has 0 radical (unpaired) electrons. The molecule has 0 bridgehead atoms. The molecule has 1 fully saturated rings. The van der Waals surface area contributed by atoms with Crippen molar-refractivity contribution >= 4 is 28.5 Å². The van der Waals surface area contributed by atoms with Gasteiger partial charge in [-0.25, -0.2) is 14.0 Å². The number of rotatable bonds is 5. The SMILES string of the molecule is O=C(OCCc1ccns1)c1ccc2[nH]c(=O)n(C3CC3)c2c1. The molecule has 0 amide bonds. The molecule has 1 saturated carbocycles. The first-order chi connectivity index (χ1) is 11.2. The zero-order valence-corrected chi connectivity index (χ0v) is 13.1. The van der Waals surface area contributed by atoms with Crippen LogP contribution in [-0.2, 0) is 11.2 Å². The summed E-state index contributed by atoms with van der Waals surface area (Å²) in [7, 11) is 0. The molecule has 23 heavy (non-hydrogen) atoms. The molecule has 4 rings (SSSR count). The first-order valence-electron chi connectivity index (χ1n) is 7.53. The summed E-state index contributed by atoms with van der Waals surface area (Å²) in [6.45, 7) is 0.321. The van der Waals surface area contributed by atoms with Gasteiger partial charge < -0.3 is 9.72 Å². The van der Waals surface area contributed by atoms with Crippen LogP contribution in [0.25, 0.3) is 11.0 Å². The van der Waals surface area contributed by atoms with Gasteiger partial charge in [0.1, 0.15) is 0 Å². The number of imidazole rings is 1. The van der Waals surface area contributed by atoms with Crippen LogP contribution in [0.3, 0.4) is 0 Å². The fourth-order valence-corrected chi connectivity index (χ4v) is 3.20. The summed E-state index contributed by atoms with van der Waals surface area (Å²) in [5.74, 6) is -0.368. The number of fused-ring (bicyclic) bond motifs is 1. The predicted octanol–water partition coefficient (Wildman–Crippen LogP) is 2.52. The van der Waals surface area contributed by atoms with Gasteiger partial charge in [-0.2, -0.15) is 0 Å². The lowest BCUT2D eigenvalue weighted by atomic mass is 10.2. The maximum absolute atomic E-state index is 12.2. The normalized spacial score (nSPS) is 14.3. The Morgan fingerprint density at radius 1 is 1.39 bits per heavy atom. The second-order valence-corrected chi connectivity index (χ2v) is 6.55. The number of hydrogen-bond donors (Lipinski definition) is 1. The van der Waals surface area contributed by atoms with E-state index in [-0.39, 0.29) is 17.7 Å². The summed E-state index contributed by atoms with van der Waals surface area (Å²) < 4.78 is 11.1. The van der Waals surface area contributed by atoms with Gasteiger partial charge in [0.15, 0.2) is 0 Å². The number of H-pyrrole nitrogens is 1. The smallest absolute Gasteiger partial charge is 0.338 e. The minimum absolute atomic E-state index is 0.113. The van der Waals surface area contributed by atoms with E-state index >= 15 is 0 Å². The molecule has 6 nitrogen and oxygen atoms in total. The topological polar surface area (TPSA) is 77.0 Å². The van der Waals surface area contributed by atoms with Crippen molar-refractivity contribution in [2.75, 3.05) is 6.61 Å². The van der Waals surface area contributed by atoms with E-state index in [1.165, 1.54) is 11.5 Å². The first-order valence-corrected chi connectivity index (χ1v) is 8.30. The van der Waals surface area contributed by atoms with E-state index in [4.69, 9.17) is 4.74 Å². The fraction of sp³-hybridized carbons (Fsp3) is 0.312. The number of nitrogens with zero attached hydrogens (tertiary/aromatic N) is 2. The third kappa shape index (κ3) is 2.79. The van der Waals surface area contributed by atoms with Gasteiger partial charge in [-0.15, -0.1) is 0 Å². The predicted molar refractivity (Wildman–Crippen MR) is 86.9 cm³/mol. The number of hydrogen-bond acceptors (Lipinski definition) is 5. The Morgan fingerprint density at radius 3 is 3.00 bits per heavy atom. The van der Waals surface area contributed by atoms with Gasteiger partial charge in [-0.05, 0) is 48.6 Å². The van der Waals surface area contributed by atoms with Crippen molar-refractivity contribution in [3.05, 3.63) is 51.4 Å². The quantitative estimate of drug-likeness (QED) is 0.730. The van der Waals surface area contributed by atoms with Crippen LogP contribution in [0.4, 0.5) is 0 Å². The second kappa shape index (κ2) is 5.66. The molecule has 1 N–H and O–H groups in total. The zero-order chi connectivity index (χ0) is 15.8. The van der Waals surface area contributed by atoms with Crippen LogP contribution in [0.2, 0.25) is 0 Å². The molecule has 2 heterocycles. The molecule has 2 aromatic heterocycles. The van der Waals surface area contributed by atoms with Crippen LogP contribution in [0, 0.1) is 0 Å². The van der Waals surface area contributed by atoms with Crippen molar-refractivity contribution in [3.8, 4) is 0 Å². The van der Waals surface area contributed by atoms with E-state index in [2.05, 4.69) is 9.36 Å². The van der Waals surface area contributed by atoms with Crippen molar-refractivity contribution in [3.63, 3.8) is 0 Å². The van der Waals surface area contributed by atoms with E-state index in [0.29, 0.717) is 18.6 Å². The molecule has 0 atom stereocenters. The molecule has 1 aliphatic carbocycles. The van der Waals surface area contributed by atoms with Gasteiger partial charge in [0.25, 0.3) is 0 Å². The number of nitrogens with one attached hydrogen (secondary N) is 1. The first kappa shape index (κ1) is 14.2. The average molecular weight is 329 g/mol. The lowest BCUT2D eigenvalue weighted by molar-refractivity contribution is 0.0510. The van der Waals surface area contributed by atoms with E-state index in [0.717, 1.165) is 28.8 Å². The van der Waals surface area contributed by atoms with Crippen LogP contribution in [-0.4, -0.2) is 26.5 Å². The third-order valence-electron chi connectivity index (χ3n) is 3.94. The summed E-state index contributed by atoms with van der Waals surface area (Å²) >= 11 is 1.40.